The first-order valence-electron chi connectivity index (χ1n) is 6.66. The van der Waals surface area contributed by atoms with Gasteiger partial charge < -0.3 is 14.8 Å². The van der Waals surface area contributed by atoms with E-state index in [1.54, 1.807) is 24.2 Å². The van der Waals surface area contributed by atoms with Gasteiger partial charge in [0, 0.05) is 18.1 Å². The van der Waals surface area contributed by atoms with Crippen LogP contribution in [0.25, 0.3) is 0 Å². The van der Waals surface area contributed by atoms with Gasteiger partial charge in [-0.25, -0.2) is 4.98 Å². The normalized spacial score (nSPS) is 30.1. The summed E-state index contributed by atoms with van der Waals surface area (Å²) in [5.74, 6) is 0.366. The van der Waals surface area contributed by atoms with E-state index in [0.29, 0.717) is 17.4 Å². The lowest BCUT2D eigenvalue weighted by Crippen LogP contribution is -2.39. The van der Waals surface area contributed by atoms with Crippen LogP contribution < -0.4 is 5.32 Å². The number of thiocarbonyl (C=S) groups is 1. The van der Waals surface area contributed by atoms with Gasteiger partial charge in [0.1, 0.15) is 6.10 Å². The van der Waals surface area contributed by atoms with E-state index in [9.17, 15) is 0 Å². The Morgan fingerprint density at radius 3 is 3.00 bits per heavy atom. The van der Waals surface area contributed by atoms with Gasteiger partial charge in [0.05, 0.1) is 28.6 Å². The van der Waals surface area contributed by atoms with E-state index in [1.807, 2.05) is 13.8 Å². The van der Waals surface area contributed by atoms with E-state index < -0.39 is 5.79 Å². The molecule has 0 bridgehead atoms. The third-order valence-electron chi connectivity index (χ3n) is 3.37. The van der Waals surface area contributed by atoms with Crippen molar-refractivity contribution < 1.29 is 9.47 Å². The number of rotatable bonds is 3. The van der Waals surface area contributed by atoms with Crippen LogP contribution in [0.3, 0.4) is 0 Å². The number of ether oxygens (including phenoxy) is 2. The van der Waals surface area contributed by atoms with Crippen LogP contribution in [0.4, 0.5) is 0 Å². The molecule has 5 nitrogen and oxygen atoms in total. The summed E-state index contributed by atoms with van der Waals surface area (Å²) in [4.78, 5) is 8.93. The lowest BCUT2D eigenvalue weighted by molar-refractivity contribution is -0.144. The molecule has 0 unspecified atom stereocenters. The van der Waals surface area contributed by atoms with E-state index >= 15 is 0 Å². The lowest BCUT2D eigenvalue weighted by Gasteiger charge is -2.22. The van der Waals surface area contributed by atoms with Crippen LogP contribution in [0.2, 0.25) is 5.15 Å². The molecule has 114 valence electrons. The van der Waals surface area contributed by atoms with E-state index in [1.165, 1.54) is 0 Å². The molecule has 2 saturated heterocycles. The summed E-state index contributed by atoms with van der Waals surface area (Å²) < 4.78 is 11.8. The van der Waals surface area contributed by atoms with Crippen molar-refractivity contribution in [3.8, 4) is 0 Å². The molecule has 0 aliphatic carbocycles. The van der Waals surface area contributed by atoms with Crippen molar-refractivity contribution in [1.82, 2.24) is 15.3 Å². The monoisotopic (exact) mass is 345 g/mol. The lowest BCUT2D eigenvalue weighted by atomic mass is 10.1. The van der Waals surface area contributed by atoms with Gasteiger partial charge in [-0.15, -0.1) is 11.8 Å². The molecular formula is C13H16ClN3O2S2. The zero-order valence-corrected chi connectivity index (χ0v) is 14.1. The molecule has 0 radical (unpaired) electrons. The molecule has 2 fully saturated rings. The molecule has 1 aromatic rings. The molecule has 8 heteroatoms. The number of fused-ring (bicyclic) bond motifs is 1. The molecule has 21 heavy (non-hydrogen) atoms. The predicted octanol–water partition coefficient (Wildman–Crippen LogP) is 2.18. The summed E-state index contributed by atoms with van der Waals surface area (Å²) in [6.07, 6.45) is 3.29. The van der Waals surface area contributed by atoms with Crippen molar-refractivity contribution in [2.75, 3.05) is 5.75 Å². The molecular weight excluding hydrogens is 330 g/mol. The third-order valence-corrected chi connectivity index (χ3v) is 5.62. The molecule has 2 aliphatic heterocycles. The van der Waals surface area contributed by atoms with E-state index in [-0.39, 0.29) is 17.5 Å². The Bertz CT molecular complexity index is 558. The Labute approximate surface area is 138 Å². The maximum Gasteiger partial charge on any atom is 0.163 e. The van der Waals surface area contributed by atoms with Crippen molar-refractivity contribution in [2.45, 2.75) is 43.6 Å². The van der Waals surface area contributed by atoms with Crippen LogP contribution in [0.15, 0.2) is 12.4 Å². The summed E-state index contributed by atoms with van der Waals surface area (Å²) in [5.41, 5.74) is 0.685. The average molecular weight is 346 g/mol. The Hall–Kier alpha value is -0.470. The summed E-state index contributed by atoms with van der Waals surface area (Å²) in [5, 5.41) is 3.70. The molecule has 1 aromatic heterocycles. The average Bonchev–Trinajstić information content (AvgIpc) is 2.92. The number of nitrogens with one attached hydrogen (secondary N) is 1. The highest BCUT2D eigenvalue weighted by Gasteiger charge is 2.50. The SMILES string of the molecule is CC1(C)O[C@@H]2[C@@H](CS[C@H]2C(=S)NCc2nccnc2Cl)O1. The van der Waals surface area contributed by atoms with Gasteiger partial charge in [-0.3, -0.25) is 4.98 Å². The van der Waals surface area contributed by atoms with Gasteiger partial charge in [-0.1, -0.05) is 23.8 Å². The van der Waals surface area contributed by atoms with Gasteiger partial charge in [-0.2, -0.15) is 0 Å². The minimum Gasteiger partial charge on any atom is -0.373 e. The van der Waals surface area contributed by atoms with Gasteiger partial charge >= 0.3 is 0 Å². The second kappa shape index (κ2) is 5.96. The smallest absolute Gasteiger partial charge is 0.163 e. The minimum atomic E-state index is -0.529. The zero-order chi connectivity index (χ0) is 15.0. The molecule has 1 N–H and O–H groups in total. The fourth-order valence-corrected chi connectivity index (χ4v) is 4.40. The van der Waals surface area contributed by atoms with Crippen LogP contribution in [0.5, 0.6) is 0 Å². The molecule has 3 rings (SSSR count). The highest BCUT2D eigenvalue weighted by atomic mass is 35.5. The van der Waals surface area contributed by atoms with Crippen LogP contribution in [-0.2, 0) is 16.0 Å². The quantitative estimate of drug-likeness (QED) is 0.842. The largest absolute Gasteiger partial charge is 0.373 e. The summed E-state index contributed by atoms with van der Waals surface area (Å²) >= 11 is 13.2. The van der Waals surface area contributed by atoms with Crippen LogP contribution >= 0.6 is 35.6 Å². The maximum atomic E-state index is 5.99. The minimum absolute atomic E-state index is 0.00216. The van der Waals surface area contributed by atoms with Crippen molar-refractivity contribution in [1.29, 1.82) is 0 Å². The third kappa shape index (κ3) is 3.32. The van der Waals surface area contributed by atoms with Crippen LogP contribution in [0, 0.1) is 0 Å². The molecule has 2 aliphatic rings. The van der Waals surface area contributed by atoms with Crippen molar-refractivity contribution >= 4 is 40.6 Å². The highest BCUT2D eigenvalue weighted by molar-refractivity contribution is 8.02. The zero-order valence-electron chi connectivity index (χ0n) is 11.7. The number of aromatic nitrogens is 2. The maximum absolute atomic E-state index is 5.99. The fraction of sp³-hybridized carbons (Fsp3) is 0.615. The first kappa shape index (κ1) is 15.4. The standard InChI is InChI=1S/C13H16ClN3O2S2/c1-13(2)18-8-6-21-10(9(8)19-13)12(20)17-5-7-11(14)16-4-3-15-7/h3-4,8-10H,5-6H2,1-2H3,(H,17,20)/t8-,9-,10-/m1/s1. The summed E-state index contributed by atoms with van der Waals surface area (Å²) in [6, 6.07) is 0. The summed E-state index contributed by atoms with van der Waals surface area (Å²) in [6.45, 7) is 4.33. The van der Waals surface area contributed by atoms with Gasteiger partial charge in [0.2, 0.25) is 0 Å². The molecule has 0 aromatic carbocycles. The number of hydrogen-bond acceptors (Lipinski definition) is 6. The topological polar surface area (TPSA) is 56.3 Å². The fourth-order valence-electron chi connectivity index (χ4n) is 2.51. The second-order valence-electron chi connectivity index (χ2n) is 5.40. The first-order valence-corrected chi connectivity index (χ1v) is 8.50. The highest BCUT2D eigenvalue weighted by Crippen LogP contribution is 2.41. The van der Waals surface area contributed by atoms with Gasteiger partial charge in [0.15, 0.2) is 10.9 Å². The Kier molecular flexibility index (Phi) is 4.38. The Balaban J connectivity index is 1.60. The molecule has 0 amide bonds. The van der Waals surface area contributed by atoms with E-state index in [4.69, 9.17) is 33.3 Å². The molecule has 3 heterocycles. The van der Waals surface area contributed by atoms with E-state index in [2.05, 4.69) is 15.3 Å². The van der Waals surface area contributed by atoms with Crippen molar-refractivity contribution in [3.05, 3.63) is 23.2 Å². The van der Waals surface area contributed by atoms with Gasteiger partial charge in [0.25, 0.3) is 0 Å². The number of hydrogen-bond donors (Lipinski definition) is 1. The number of thioether (sulfide) groups is 1. The van der Waals surface area contributed by atoms with Gasteiger partial charge in [-0.05, 0) is 13.8 Å². The number of halogens is 1. The van der Waals surface area contributed by atoms with Crippen LogP contribution in [-0.4, -0.2) is 44.0 Å². The van der Waals surface area contributed by atoms with Crippen molar-refractivity contribution in [2.24, 2.45) is 0 Å². The van der Waals surface area contributed by atoms with E-state index in [0.717, 1.165) is 10.7 Å². The molecule has 0 saturated carbocycles. The number of nitrogens with zero attached hydrogens (tertiary/aromatic N) is 2. The molecule has 0 spiro atoms. The van der Waals surface area contributed by atoms with Crippen LogP contribution in [0.1, 0.15) is 19.5 Å². The first-order chi connectivity index (χ1) is 9.96. The summed E-state index contributed by atoms with van der Waals surface area (Å²) in [7, 11) is 0. The molecule has 3 atom stereocenters. The Morgan fingerprint density at radius 1 is 1.48 bits per heavy atom. The van der Waals surface area contributed by atoms with Crippen molar-refractivity contribution in [3.63, 3.8) is 0 Å². The predicted molar refractivity (Wildman–Crippen MR) is 86.6 cm³/mol. The second-order valence-corrected chi connectivity index (χ2v) is 7.38. The Morgan fingerprint density at radius 2 is 2.24 bits per heavy atom.